The van der Waals surface area contributed by atoms with Crippen LogP contribution in [-0.4, -0.2) is 43.1 Å². The highest BCUT2D eigenvalue weighted by atomic mass is 16.3. The highest BCUT2D eigenvalue weighted by Crippen LogP contribution is 2.24. The molecular weight excluding hydrogens is 238 g/mol. The average molecular weight is 257 g/mol. The lowest BCUT2D eigenvalue weighted by molar-refractivity contribution is 0.313. The van der Waals surface area contributed by atoms with Gasteiger partial charge in [-0.3, -0.25) is 4.98 Å². The van der Waals surface area contributed by atoms with Crippen molar-refractivity contribution in [2.24, 2.45) is 0 Å². The highest BCUT2D eigenvalue weighted by Gasteiger charge is 2.15. The molecule has 1 saturated heterocycles. The second-order valence-electron chi connectivity index (χ2n) is 5.10. The molecule has 3 heterocycles. The largest absolute Gasteiger partial charge is 0.460 e. The number of nitrogens with zero attached hydrogens (tertiary/aromatic N) is 3. The lowest BCUT2D eigenvalue weighted by Crippen LogP contribution is -2.44. The minimum Gasteiger partial charge on any atom is -0.460 e. The molecule has 1 aliphatic heterocycles. The second kappa shape index (κ2) is 5.05. The molecule has 3 rings (SSSR count). The normalized spacial score (nSPS) is 16.8. The fourth-order valence-electron chi connectivity index (χ4n) is 2.39. The minimum absolute atomic E-state index is 0.841. The van der Waals surface area contributed by atoms with Gasteiger partial charge in [0.05, 0.1) is 0 Å². The molecule has 19 heavy (non-hydrogen) atoms. The summed E-state index contributed by atoms with van der Waals surface area (Å²) in [6, 6.07) is 8.14. The van der Waals surface area contributed by atoms with E-state index in [2.05, 4.69) is 34.0 Å². The molecule has 0 aliphatic carbocycles. The van der Waals surface area contributed by atoms with E-state index >= 15 is 0 Å². The van der Waals surface area contributed by atoms with Crippen molar-refractivity contribution in [2.45, 2.75) is 6.92 Å². The first-order valence-corrected chi connectivity index (χ1v) is 6.69. The van der Waals surface area contributed by atoms with E-state index in [1.165, 1.54) is 5.69 Å². The molecule has 4 heteroatoms. The summed E-state index contributed by atoms with van der Waals surface area (Å²) in [5, 5.41) is 0. The molecule has 0 atom stereocenters. The van der Waals surface area contributed by atoms with E-state index in [1.807, 2.05) is 25.3 Å². The topological polar surface area (TPSA) is 32.5 Å². The summed E-state index contributed by atoms with van der Waals surface area (Å²) >= 11 is 0. The van der Waals surface area contributed by atoms with Crippen LogP contribution in [0.25, 0.3) is 11.5 Å². The lowest BCUT2D eigenvalue weighted by atomic mass is 10.2. The number of furan rings is 1. The zero-order chi connectivity index (χ0) is 13.2. The smallest absolute Gasteiger partial charge is 0.152 e. The molecule has 0 radical (unpaired) electrons. The molecular formula is C15H19N3O. The molecule has 2 aromatic rings. The molecule has 1 aliphatic rings. The molecule has 0 aromatic carbocycles. The van der Waals surface area contributed by atoms with Crippen LogP contribution in [0.5, 0.6) is 0 Å². The maximum Gasteiger partial charge on any atom is 0.152 e. The molecule has 0 N–H and O–H groups in total. The van der Waals surface area contributed by atoms with Crippen LogP contribution in [0.4, 0.5) is 5.69 Å². The van der Waals surface area contributed by atoms with Crippen molar-refractivity contribution in [2.75, 3.05) is 38.1 Å². The molecule has 100 valence electrons. The number of rotatable bonds is 2. The van der Waals surface area contributed by atoms with Crippen molar-refractivity contribution in [3.05, 3.63) is 36.2 Å². The number of aryl methyl sites for hydroxylation is 1. The molecule has 4 nitrogen and oxygen atoms in total. The van der Waals surface area contributed by atoms with Crippen LogP contribution in [0.1, 0.15) is 5.76 Å². The number of aromatic nitrogens is 1. The van der Waals surface area contributed by atoms with Crippen molar-refractivity contribution in [3.63, 3.8) is 0 Å². The number of anilines is 1. The van der Waals surface area contributed by atoms with Gasteiger partial charge >= 0.3 is 0 Å². The monoisotopic (exact) mass is 257 g/mol. The summed E-state index contributed by atoms with van der Waals surface area (Å²) in [7, 11) is 2.17. The zero-order valence-electron chi connectivity index (χ0n) is 11.5. The van der Waals surface area contributed by atoms with Gasteiger partial charge in [0.1, 0.15) is 11.5 Å². The SMILES string of the molecule is Cc1ccc(-c2cc(N3CCN(C)CC3)ccn2)o1. The summed E-state index contributed by atoms with van der Waals surface area (Å²) in [5.41, 5.74) is 2.14. The van der Waals surface area contributed by atoms with Gasteiger partial charge in [-0.05, 0) is 38.2 Å². The summed E-state index contributed by atoms with van der Waals surface area (Å²) in [4.78, 5) is 9.16. The highest BCUT2D eigenvalue weighted by molar-refractivity contribution is 5.60. The van der Waals surface area contributed by atoms with Gasteiger partial charge in [0, 0.05) is 38.1 Å². The lowest BCUT2D eigenvalue weighted by Gasteiger charge is -2.34. The summed E-state index contributed by atoms with van der Waals surface area (Å²) in [6.45, 7) is 6.30. The Balaban J connectivity index is 1.84. The Labute approximate surface area is 113 Å². The van der Waals surface area contributed by atoms with Gasteiger partial charge in [-0.1, -0.05) is 0 Å². The molecule has 0 bridgehead atoms. The van der Waals surface area contributed by atoms with E-state index in [0.29, 0.717) is 0 Å². The Morgan fingerprint density at radius 3 is 2.58 bits per heavy atom. The van der Waals surface area contributed by atoms with Crippen LogP contribution in [0.3, 0.4) is 0 Å². The minimum atomic E-state index is 0.841. The van der Waals surface area contributed by atoms with Crippen molar-refractivity contribution in [3.8, 4) is 11.5 Å². The Morgan fingerprint density at radius 2 is 1.89 bits per heavy atom. The van der Waals surface area contributed by atoms with Crippen molar-refractivity contribution in [1.29, 1.82) is 0 Å². The van der Waals surface area contributed by atoms with Crippen LogP contribution in [-0.2, 0) is 0 Å². The number of piperazine rings is 1. The van der Waals surface area contributed by atoms with Gasteiger partial charge in [0.2, 0.25) is 0 Å². The van der Waals surface area contributed by atoms with Gasteiger partial charge in [0.25, 0.3) is 0 Å². The van der Waals surface area contributed by atoms with E-state index in [1.54, 1.807) is 0 Å². The number of likely N-dealkylation sites (N-methyl/N-ethyl adjacent to an activating group) is 1. The molecule has 0 amide bonds. The molecule has 1 fully saturated rings. The Hall–Kier alpha value is -1.81. The second-order valence-corrected chi connectivity index (χ2v) is 5.10. The third-order valence-corrected chi connectivity index (χ3v) is 3.60. The first-order valence-electron chi connectivity index (χ1n) is 6.69. The number of hydrogen-bond donors (Lipinski definition) is 0. The molecule has 2 aromatic heterocycles. The fraction of sp³-hybridized carbons (Fsp3) is 0.400. The zero-order valence-corrected chi connectivity index (χ0v) is 11.5. The van der Waals surface area contributed by atoms with E-state index in [-0.39, 0.29) is 0 Å². The van der Waals surface area contributed by atoms with Gasteiger partial charge in [-0.2, -0.15) is 0 Å². The predicted octanol–water partition coefficient (Wildman–Crippen LogP) is 2.40. The Kier molecular flexibility index (Phi) is 3.25. The third kappa shape index (κ3) is 2.63. The van der Waals surface area contributed by atoms with E-state index < -0.39 is 0 Å². The first kappa shape index (κ1) is 12.2. The summed E-state index contributed by atoms with van der Waals surface area (Å²) in [6.07, 6.45) is 1.86. The van der Waals surface area contributed by atoms with Crippen molar-refractivity contribution in [1.82, 2.24) is 9.88 Å². The van der Waals surface area contributed by atoms with Crippen LogP contribution in [0, 0.1) is 6.92 Å². The Morgan fingerprint density at radius 1 is 1.11 bits per heavy atom. The standard InChI is InChI=1S/C15H19N3O/c1-12-3-4-15(19-12)14-11-13(5-6-16-14)18-9-7-17(2)8-10-18/h3-6,11H,7-10H2,1-2H3. The fourth-order valence-corrected chi connectivity index (χ4v) is 2.39. The summed E-state index contributed by atoms with van der Waals surface area (Å²) in [5.74, 6) is 1.76. The predicted molar refractivity (Wildman–Crippen MR) is 76.4 cm³/mol. The van der Waals surface area contributed by atoms with Gasteiger partial charge in [0.15, 0.2) is 5.76 Å². The van der Waals surface area contributed by atoms with Crippen LogP contribution >= 0.6 is 0 Å². The van der Waals surface area contributed by atoms with Crippen LogP contribution < -0.4 is 4.90 Å². The average Bonchev–Trinajstić information content (AvgIpc) is 2.86. The third-order valence-electron chi connectivity index (χ3n) is 3.60. The first-order chi connectivity index (χ1) is 9.22. The van der Waals surface area contributed by atoms with Crippen molar-refractivity contribution < 1.29 is 4.42 Å². The van der Waals surface area contributed by atoms with Crippen molar-refractivity contribution >= 4 is 5.69 Å². The molecule has 0 saturated carbocycles. The maximum atomic E-state index is 5.64. The quantitative estimate of drug-likeness (QED) is 0.827. The summed E-state index contributed by atoms with van der Waals surface area (Å²) < 4.78 is 5.64. The Bertz CT molecular complexity index is 556. The van der Waals surface area contributed by atoms with Gasteiger partial charge in [-0.25, -0.2) is 0 Å². The van der Waals surface area contributed by atoms with Gasteiger partial charge < -0.3 is 14.2 Å². The van der Waals surface area contributed by atoms with Crippen LogP contribution in [0.2, 0.25) is 0 Å². The number of pyridine rings is 1. The van der Waals surface area contributed by atoms with Gasteiger partial charge in [-0.15, -0.1) is 0 Å². The molecule has 0 unspecified atom stereocenters. The van der Waals surface area contributed by atoms with E-state index in [0.717, 1.165) is 43.4 Å². The molecule has 0 spiro atoms. The van der Waals surface area contributed by atoms with E-state index in [9.17, 15) is 0 Å². The van der Waals surface area contributed by atoms with Crippen LogP contribution in [0.15, 0.2) is 34.9 Å². The number of hydrogen-bond acceptors (Lipinski definition) is 4. The maximum absolute atomic E-state index is 5.64. The van der Waals surface area contributed by atoms with E-state index in [4.69, 9.17) is 4.42 Å².